The summed E-state index contributed by atoms with van der Waals surface area (Å²) < 4.78 is 0. The van der Waals surface area contributed by atoms with E-state index in [4.69, 9.17) is 0 Å². The van der Waals surface area contributed by atoms with Gasteiger partial charge in [-0.1, -0.05) is 25.7 Å². The Kier molecular flexibility index (Phi) is 4.06. The van der Waals surface area contributed by atoms with Gasteiger partial charge in [-0.15, -0.1) is 0 Å². The van der Waals surface area contributed by atoms with Crippen LogP contribution in [0.2, 0.25) is 0 Å². The summed E-state index contributed by atoms with van der Waals surface area (Å²) in [4.78, 5) is 12.5. The molecule has 0 saturated heterocycles. The molecule has 0 aliphatic heterocycles. The van der Waals surface area contributed by atoms with Crippen LogP contribution >= 0.6 is 15.9 Å². The normalized spacial score (nSPS) is 18.2. The van der Waals surface area contributed by atoms with Crippen molar-refractivity contribution in [1.29, 1.82) is 0 Å². The fourth-order valence-electron chi connectivity index (χ4n) is 1.76. The van der Waals surface area contributed by atoms with E-state index in [1.165, 1.54) is 32.1 Å². The molecule has 0 bridgehead atoms. The first-order valence-corrected chi connectivity index (χ1v) is 5.40. The van der Waals surface area contributed by atoms with E-state index in [1.54, 1.807) is 4.90 Å². The zero-order valence-electron chi connectivity index (χ0n) is 7.55. The summed E-state index contributed by atoms with van der Waals surface area (Å²) in [6, 6.07) is 0. The molecule has 0 N–H and O–H groups in total. The number of carbonyl (C=O) groups is 1. The molecule has 3 heteroatoms. The Labute approximate surface area is 82.4 Å². The Hall–Kier alpha value is -0.0500. The van der Waals surface area contributed by atoms with Gasteiger partial charge in [-0.25, -0.2) is 0 Å². The molecule has 1 amide bonds. The number of hydrogen-bond donors (Lipinski definition) is 0. The van der Waals surface area contributed by atoms with E-state index in [9.17, 15) is 4.79 Å². The highest BCUT2D eigenvalue weighted by Gasteiger charge is 2.15. The molecule has 2 nitrogen and oxygen atoms in total. The third kappa shape index (κ3) is 3.13. The Morgan fingerprint density at radius 1 is 1.50 bits per heavy atom. The molecule has 70 valence electrons. The van der Waals surface area contributed by atoms with Gasteiger partial charge in [-0.05, 0) is 12.3 Å². The second-order valence-electron chi connectivity index (χ2n) is 3.61. The summed E-state index contributed by atoms with van der Waals surface area (Å²) in [6.07, 6.45) is 6.68. The molecule has 0 aromatic carbocycles. The molecule has 0 aromatic rings. The van der Waals surface area contributed by atoms with Gasteiger partial charge in [0.1, 0.15) is 0 Å². The van der Waals surface area contributed by atoms with E-state index in [1.807, 2.05) is 7.05 Å². The van der Waals surface area contributed by atoms with Gasteiger partial charge in [0, 0.05) is 29.5 Å². The molecule has 0 spiro atoms. The molecule has 1 rings (SSSR count). The van der Waals surface area contributed by atoms with Gasteiger partial charge in [0.05, 0.1) is 0 Å². The summed E-state index contributed by atoms with van der Waals surface area (Å²) in [7, 11) is 1.84. The average molecular weight is 234 g/mol. The van der Waals surface area contributed by atoms with Crippen molar-refractivity contribution in [3.63, 3.8) is 0 Å². The third-order valence-electron chi connectivity index (χ3n) is 2.65. The summed E-state index contributed by atoms with van der Waals surface area (Å²) >= 11 is 2.94. The van der Waals surface area contributed by atoms with Gasteiger partial charge in [0.15, 0.2) is 0 Å². The number of nitrogens with zero attached hydrogens (tertiary/aromatic N) is 1. The average Bonchev–Trinajstić information content (AvgIpc) is 2.51. The van der Waals surface area contributed by atoms with Crippen LogP contribution in [0.4, 0.5) is 4.79 Å². The molecular formula is C9H16BrNO. The Bertz CT molecular complexity index is 155. The Morgan fingerprint density at radius 3 is 2.58 bits per heavy atom. The zero-order valence-corrected chi connectivity index (χ0v) is 9.14. The highest BCUT2D eigenvalue weighted by molar-refractivity contribution is 9.18. The predicted octanol–water partition coefficient (Wildman–Crippen LogP) is 3.01. The van der Waals surface area contributed by atoms with Gasteiger partial charge in [-0.2, -0.15) is 0 Å². The minimum absolute atomic E-state index is 0.000460. The highest BCUT2D eigenvalue weighted by atomic mass is 79.9. The van der Waals surface area contributed by atoms with Crippen molar-refractivity contribution in [2.45, 2.75) is 32.1 Å². The van der Waals surface area contributed by atoms with E-state index in [2.05, 4.69) is 15.9 Å². The zero-order chi connectivity index (χ0) is 8.97. The van der Waals surface area contributed by atoms with Gasteiger partial charge >= 0.3 is 0 Å². The lowest BCUT2D eigenvalue weighted by Crippen LogP contribution is -2.23. The van der Waals surface area contributed by atoms with Crippen LogP contribution in [0.25, 0.3) is 0 Å². The monoisotopic (exact) mass is 233 g/mol. The van der Waals surface area contributed by atoms with Crippen LogP contribution in [0.15, 0.2) is 0 Å². The lowest BCUT2D eigenvalue weighted by Gasteiger charge is -2.16. The standard InChI is InChI=1S/C9H16BrNO/c1-11(9(10)12)7-6-8-4-2-3-5-8/h8H,2-7H2,1H3. The fraction of sp³-hybridized carbons (Fsp3) is 0.889. The fourth-order valence-corrected chi connectivity index (χ4v) is 1.94. The summed E-state index contributed by atoms with van der Waals surface area (Å²) in [5.41, 5.74) is 0. The van der Waals surface area contributed by atoms with E-state index < -0.39 is 0 Å². The molecule has 0 heterocycles. The van der Waals surface area contributed by atoms with Crippen molar-refractivity contribution < 1.29 is 4.79 Å². The predicted molar refractivity (Wildman–Crippen MR) is 53.5 cm³/mol. The number of amides is 1. The van der Waals surface area contributed by atoms with Crippen LogP contribution in [-0.2, 0) is 0 Å². The molecule has 0 atom stereocenters. The molecule has 0 radical (unpaired) electrons. The molecule has 1 saturated carbocycles. The Morgan fingerprint density at radius 2 is 2.08 bits per heavy atom. The maximum atomic E-state index is 10.8. The van der Waals surface area contributed by atoms with Crippen LogP contribution in [-0.4, -0.2) is 23.3 Å². The van der Waals surface area contributed by atoms with Crippen LogP contribution in [0, 0.1) is 5.92 Å². The Balaban J connectivity index is 2.11. The molecule has 0 unspecified atom stereocenters. The largest absolute Gasteiger partial charge is 0.336 e. The summed E-state index contributed by atoms with van der Waals surface area (Å²) in [6.45, 7) is 0.898. The molecule has 1 aliphatic carbocycles. The van der Waals surface area contributed by atoms with Crippen LogP contribution in [0.5, 0.6) is 0 Å². The quantitative estimate of drug-likeness (QED) is 0.543. The van der Waals surface area contributed by atoms with Crippen molar-refractivity contribution in [2.24, 2.45) is 5.92 Å². The van der Waals surface area contributed by atoms with Gasteiger partial charge in [-0.3, -0.25) is 4.79 Å². The van der Waals surface area contributed by atoms with Crippen molar-refractivity contribution in [2.75, 3.05) is 13.6 Å². The van der Waals surface area contributed by atoms with E-state index >= 15 is 0 Å². The lowest BCUT2D eigenvalue weighted by molar-refractivity contribution is 0.231. The van der Waals surface area contributed by atoms with Gasteiger partial charge in [0.2, 0.25) is 0 Å². The number of halogens is 1. The molecule has 12 heavy (non-hydrogen) atoms. The second-order valence-corrected chi connectivity index (χ2v) is 4.29. The van der Waals surface area contributed by atoms with Crippen LogP contribution in [0.3, 0.4) is 0 Å². The highest BCUT2D eigenvalue weighted by Crippen LogP contribution is 2.27. The minimum atomic E-state index is 0.000460. The number of carbonyl (C=O) groups excluding carboxylic acids is 1. The second kappa shape index (κ2) is 4.85. The van der Waals surface area contributed by atoms with E-state index in [0.717, 1.165) is 12.5 Å². The molecule has 1 aliphatic rings. The van der Waals surface area contributed by atoms with Gasteiger partial charge in [0.25, 0.3) is 4.82 Å². The number of rotatable bonds is 3. The topological polar surface area (TPSA) is 20.3 Å². The van der Waals surface area contributed by atoms with Crippen molar-refractivity contribution >= 4 is 20.7 Å². The first-order valence-electron chi connectivity index (χ1n) is 4.60. The van der Waals surface area contributed by atoms with Crippen molar-refractivity contribution in [1.82, 2.24) is 4.90 Å². The first-order chi connectivity index (χ1) is 5.70. The minimum Gasteiger partial charge on any atom is -0.336 e. The summed E-state index contributed by atoms with van der Waals surface area (Å²) in [5, 5.41) is 0. The summed E-state index contributed by atoms with van der Waals surface area (Å²) in [5.74, 6) is 0.874. The van der Waals surface area contributed by atoms with Crippen molar-refractivity contribution in [3.8, 4) is 0 Å². The smallest absolute Gasteiger partial charge is 0.289 e. The van der Waals surface area contributed by atoms with Crippen molar-refractivity contribution in [3.05, 3.63) is 0 Å². The lowest BCUT2D eigenvalue weighted by atomic mass is 10.0. The van der Waals surface area contributed by atoms with Crippen LogP contribution in [0.1, 0.15) is 32.1 Å². The molecule has 1 fully saturated rings. The van der Waals surface area contributed by atoms with E-state index in [-0.39, 0.29) is 4.82 Å². The maximum absolute atomic E-state index is 10.8. The third-order valence-corrected chi connectivity index (χ3v) is 3.25. The van der Waals surface area contributed by atoms with Crippen LogP contribution < -0.4 is 0 Å². The first kappa shape index (κ1) is 10.0. The van der Waals surface area contributed by atoms with Gasteiger partial charge < -0.3 is 4.90 Å². The maximum Gasteiger partial charge on any atom is 0.289 e. The number of hydrogen-bond acceptors (Lipinski definition) is 1. The SMILES string of the molecule is CN(CCC1CCCC1)C(=O)Br. The molecule has 0 aromatic heterocycles. The van der Waals surface area contributed by atoms with E-state index in [0.29, 0.717) is 0 Å². The molecular weight excluding hydrogens is 218 g/mol.